The Morgan fingerprint density at radius 2 is 2.22 bits per heavy atom. The van der Waals surface area contributed by atoms with E-state index >= 15 is 0 Å². The number of allylic oxidation sites excluding steroid dienone is 1. The Bertz CT molecular complexity index is 479. The highest BCUT2D eigenvalue weighted by atomic mass is 79.9. The summed E-state index contributed by atoms with van der Waals surface area (Å²) in [6.45, 7) is 2.03. The zero-order valence-corrected chi connectivity index (χ0v) is 12.2. The van der Waals surface area contributed by atoms with Crippen molar-refractivity contribution in [3.63, 3.8) is 0 Å². The molecule has 0 saturated heterocycles. The van der Waals surface area contributed by atoms with Crippen LogP contribution in [0.5, 0.6) is 0 Å². The van der Waals surface area contributed by atoms with Crippen molar-refractivity contribution in [2.75, 3.05) is 5.32 Å². The molecular formula is C15H18BrNO. The van der Waals surface area contributed by atoms with Crippen LogP contribution in [0.3, 0.4) is 0 Å². The van der Waals surface area contributed by atoms with E-state index in [9.17, 15) is 4.79 Å². The topological polar surface area (TPSA) is 29.1 Å². The van der Waals surface area contributed by atoms with E-state index in [1.54, 1.807) is 0 Å². The van der Waals surface area contributed by atoms with Gasteiger partial charge < -0.3 is 5.32 Å². The van der Waals surface area contributed by atoms with Gasteiger partial charge in [0.05, 0.1) is 5.69 Å². The normalized spacial score (nSPS) is 15.1. The van der Waals surface area contributed by atoms with Crippen molar-refractivity contribution in [2.24, 2.45) is 0 Å². The van der Waals surface area contributed by atoms with Gasteiger partial charge in [-0.15, -0.1) is 0 Å². The lowest BCUT2D eigenvalue weighted by Crippen LogP contribution is -2.13. The highest BCUT2D eigenvalue weighted by molar-refractivity contribution is 9.10. The third kappa shape index (κ3) is 3.70. The molecule has 1 aromatic rings. The zero-order valence-electron chi connectivity index (χ0n) is 10.6. The van der Waals surface area contributed by atoms with Crippen molar-refractivity contribution >= 4 is 27.5 Å². The number of nitrogens with one attached hydrogen (secondary N) is 1. The van der Waals surface area contributed by atoms with E-state index in [2.05, 4.69) is 27.3 Å². The summed E-state index contributed by atoms with van der Waals surface area (Å²) in [5.74, 6) is 0.0766. The predicted octanol–water partition coefficient (Wildman–Crippen LogP) is 4.59. The lowest BCUT2D eigenvalue weighted by molar-refractivity contribution is -0.115. The van der Waals surface area contributed by atoms with Crippen molar-refractivity contribution in [1.82, 2.24) is 0 Å². The van der Waals surface area contributed by atoms with E-state index in [-0.39, 0.29) is 5.91 Å². The van der Waals surface area contributed by atoms with Gasteiger partial charge in [-0.1, -0.05) is 17.7 Å². The lowest BCUT2D eigenvalue weighted by atomic mass is 9.97. The van der Waals surface area contributed by atoms with Crippen LogP contribution in [0.15, 0.2) is 34.3 Å². The molecule has 0 unspecified atom stereocenters. The quantitative estimate of drug-likeness (QED) is 0.813. The minimum absolute atomic E-state index is 0.0766. The van der Waals surface area contributed by atoms with Gasteiger partial charge in [0.15, 0.2) is 0 Å². The Labute approximate surface area is 117 Å². The molecule has 0 saturated carbocycles. The van der Waals surface area contributed by atoms with Crippen molar-refractivity contribution in [3.8, 4) is 0 Å². The van der Waals surface area contributed by atoms with E-state index in [1.807, 2.05) is 25.1 Å². The Hall–Kier alpha value is -1.09. The van der Waals surface area contributed by atoms with Gasteiger partial charge in [-0.05, 0) is 66.2 Å². The molecule has 18 heavy (non-hydrogen) atoms. The van der Waals surface area contributed by atoms with Crippen molar-refractivity contribution in [2.45, 2.75) is 39.0 Å². The Kier molecular flexibility index (Phi) is 4.59. The molecule has 0 bridgehead atoms. The monoisotopic (exact) mass is 307 g/mol. The molecule has 1 aromatic carbocycles. The molecule has 2 rings (SSSR count). The average molecular weight is 308 g/mol. The van der Waals surface area contributed by atoms with Gasteiger partial charge in [0, 0.05) is 10.9 Å². The predicted molar refractivity (Wildman–Crippen MR) is 78.7 cm³/mol. The number of anilines is 1. The highest BCUT2D eigenvalue weighted by Gasteiger charge is 2.10. The van der Waals surface area contributed by atoms with Gasteiger partial charge in [-0.2, -0.15) is 0 Å². The molecule has 96 valence electrons. The summed E-state index contributed by atoms with van der Waals surface area (Å²) in [4.78, 5) is 11.9. The maximum Gasteiger partial charge on any atom is 0.228 e. The number of amides is 1. The van der Waals surface area contributed by atoms with Gasteiger partial charge in [0.25, 0.3) is 0 Å². The molecule has 1 aliphatic carbocycles. The molecule has 1 amide bonds. The number of hydrogen-bond donors (Lipinski definition) is 1. The molecule has 0 radical (unpaired) electrons. The van der Waals surface area contributed by atoms with Crippen molar-refractivity contribution in [3.05, 3.63) is 39.9 Å². The van der Waals surface area contributed by atoms with E-state index in [1.165, 1.54) is 24.0 Å². The summed E-state index contributed by atoms with van der Waals surface area (Å²) in [6, 6.07) is 5.95. The number of rotatable bonds is 3. The van der Waals surface area contributed by atoms with E-state index in [4.69, 9.17) is 0 Å². The van der Waals surface area contributed by atoms with Gasteiger partial charge >= 0.3 is 0 Å². The lowest BCUT2D eigenvalue weighted by Gasteiger charge is -2.13. The van der Waals surface area contributed by atoms with Crippen LogP contribution in [-0.4, -0.2) is 5.91 Å². The smallest absolute Gasteiger partial charge is 0.228 e. The average Bonchev–Trinajstić information content (AvgIpc) is 2.34. The standard InChI is InChI=1S/C15H18BrNO/c1-11-7-8-14(13(16)9-11)17-15(18)10-12-5-3-2-4-6-12/h5,7-9H,2-4,6,10H2,1H3,(H,17,18). The summed E-state index contributed by atoms with van der Waals surface area (Å²) in [5.41, 5.74) is 3.30. The van der Waals surface area contributed by atoms with Crippen LogP contribution in [0, 0.1) is 6.92 Å². The van der Waals surface area contributed by atoms with E-state index in [0.717, 1.165) is 23.0 Å². The maximum absolute atomic E-state index is 11.9. The first-order valence-corrected chi connectivity index (χ1v) is 7.18. The molecule has 0 atom stereocenters. The molecule has 0 aromatic heterocycles. The molecule has 0 aliphatic heterocycles. The van der Waals surface area contributed by atoms with Crippen LogP contribution in [0.25, 0.3) is 0 Å². The molecule has 2 nitrogen and oxygen atoms in total. The first-order chi connectivity index (χ1) is 8.65. The molecule has 0 fully saturated rings. The van der Waals surface area contributed by atoms with Gasteiger partial charge in [-0.25, -0.2) is 0 Å². The second-order valence-electron chi connectivity index (χ2n) is 4.82. The summed E-state index contributed by atoms with van der Waals surface area (Å²) < 4.78 is 0.938. The zero-order chi connectivity index (χ0) is 13.0. The fraction of sp³-hybridized carbons (Fsp3) is 0.400. The maximum atomic E-state index is 11.9. The fourth-order valence-electron chi connectivity index (χ4n) is 2.19. The van der Waals surface area contributed by atoms with Crippen LogP contribution in [0.2, 0.25) is 0 Å². The number of aryl methyl sites for hydroxylation is 1. The molecule has 1 N–H and O–H groups in total. The second-order valence-corrected chi connectivity index (χ2v) is 5.67. The number of benzene rings is 1. The largest absolute Gasteiger partial charge is 0.325 e. The minimum atomic E-state index is 0.0766. The molecule has 3 heteroatoms. The first kappa shape index (κ1) is 13.3. The van der Waals surface area contributed by atoms with Gasteiger partial charge in [0.2, 0.25) is 5.91 Å². The van der Waals surface area contributed by atoms with Crippen LogP contribution < -0.4 is 5.32 Å². The number of halogens is 1. The van der Waals surface area contributed by atoms with Gasteiger partial charge in [0.1, 0.15) is 0 Å². The number of carbonyl (C=O) groups excluding carboxylic acids is 1. The minimum Gasteiger partial charge on any atom is -0.325 e. The van der Waals surface area contributed by atoms with E-state index in [0.29, 0.717) is 6.42 Å². The van der Waals surface area contributed by atoms with Crippen LogP contribution in [-0.2, 0) is 4.79 Å². The Morgan fingerprint density at radius 1 is 1.39 bits per heavy atom. The van der Waals surface area contributed by atoms with Crippen molar-refractivity contribution < 1.29 is 4.79 Å². The SMILES string of the molecule is Cc1ccc(NC(=O)CC2=CCCCC2)c(Br)c1. The second kappa shape index (κ2) is 6.19. The summed E-state index contributed by atoms with van der Waals surface area (Å²) in [6.07, 6.45) is 7.41. The number of hydrogen-bond acceptors (Lipinski definition) is 1. The van der Waals surface area contributed by atoms with E-state index < -0.39 is 0 Å². The van der Waals surface area contributed by atoms with Crippen LogP contribution in [0.4, 0.5) is 5.69 Å². The summed E-state index contributed by atoms with van der Waals surface area (Å²) in [5, 5.41) is 2.96. The highest BCUT2D eigenvalue weighted by Crippen LogP contribution is 2.25. The molecule has 0 spiro atoms. The van der Waals surface area contributed by atoms with Crippen LogP contribution >= 0.6 is 15.9 Å². The summed E-state index contributed by atoms with van der Waals surface area (Å²) >= 11 is 3.47. The third-order valence-electron chi connectivity index (χ3n) is 3.17. The third-order valence-corrected chi connectivity index (χ3v) is 3.83. The van der Waals surface area contributed by atoms with Gasteiger partial charge in [-0.3, -0.25) is 4.79 Å². The summed E-state index contributed by atoms with van der Waals surface area (Å²) in [7, 11) is 0. The molecular weight excluding hydrogens is 290 g/mol. The van der Waals surface area contributed by atoms with Crippen molar-refractivity contribution in [1.29, 1.82) is 0 Å². The molecule has 1 aliphatic rings. The Balaban J connectivity index is 1.96. The Morgan fingerprint density at radius 3 is 2.89 bits per heavy atom. The first-order valence-electron chi connectivity index (χ1n) is 6.39. The molecule has 0 heterocycles. The van der Waals surface area contributed by atoms with Crippen LogP contribution in [0.1, 0.15) is 37.7 Å². The fourth-order valence-corrected chi connectivity index (χ4v) is 2.78. The number of carbonyl (C=O) groups is 1.